The number of aliphatic hydroxyl groups excluding tert-OH is 1. The van der Waals surface area contributed by atoms with Crippen molar-refractivity contribution in [2.75, 3.05) is 19.7 Å². The summed E-state index contributed by atoms with van der Waals surface area (Å²) in [5.41, 5.74) is 0.943. The molecule has 2 unspecified atom stereocenters. The summed E-state index contributed by atoms with van der Waals surface area (Å²) in [6, 6.07) is 1.99. The molecule has 116 valence electrons. The monoisotopic (exact) mass is 309 g/mol. The van der Waals surface area contributed by atoms with Gasteiger partial charge in [-0.2, -0.15) is 0 Å². The van der Waals surface area contributed by atoms with Crippen LogP contribution in [-0.4, -0.2) is 47.8 Å². The molecule has 5 heteroatoms. The molecule has 0 radical (unpaired) electrons. The number of hydrogen-bond donors (Lipinski definition) is 1. The highest BCUT2D eigenvalue weighted by atomic mass is 32.1. The molecule has 1 spiro atoms. The van der Waals surface area contributed by atoms with Gasteiger partial charge in [-0.1, -0.05) is 0 Å². The average Bonchev–Trinajstić information content (AvgIpc) is 2.92. The van der Waals surface area contributed by atoms with Crippen LogP contribution in [0.15, 0.2) is 11.4 Å². The van der Waals surface area contributed by atoms with Crippen LogP contribution in [0, 0.1) is 12.3 Å². The molecule has 1 aromatic rings. The Balaban J connectivity index is 1.65. The minimum absolute atomic E-state index is 0.114. The Hall–Kier alpha value is -0.910. The summed E-state index contributed by atoms with van der Waals surface area (Å²) < 4.78 is 5.77. The summed E-state index contributed by atoms with van der Waals surface area (Å²) in [5, 5.41) is 12.2. The van der Waals surface area contributed by atoms with Crippen LogP contribution < -0.4 is 0 Å². The molecule has 0 bridgehead atoms. The van der Waals surface area contributed by atoms with Crippen molar-refractivity contribution in [2.45, 2.75) is 45.3 Å². The minimum Gasteiger partial charge on any atom is -0.392 e. The van der Waals surface area contributed by atoms with Crippen LogP contribution in [0.1, 0.15) is 41.4 Å². The predicted octanol–water partition coefficient (Wildman–Crippen LogP) is 2.45. The van der Waals surface area contributed by atoms with Gasteiger partial charge in [0.05, 0.1) is 17.1 Å². The van der Waals surface area contributed by atoms with E-state index in [2.05, 4.69) is 0 Å². The van der Waals surface area contributed by atoms with E-state index in [1.54, 1.807) is 0 Å². The Morgan fingerprint density at radius 1 is 1.52 bits per heavy atom. The number of piperidine rings is 1. The predicted molar refractivity (Wildman–Crippen MR) is 82.7 cm³/mol. The van der Waals surface area contributed by atoms with Gasteiger partial charge in [0.2, 0.25) is 0 Å². The van der Waals surface area contributed by atoms with Crippen LogP contribution in [0.25, 0.3) is 0 Å². The van der Waals surface area contributed by atoms with Gasteiger partial charge in [-0.25, -0.2) is 0 Å². The van der Waals surface area contributed by atoms with Gasteiger partial charge in [0.1, 0.15) is 0 Å². The Morgan fingerprint density at radius 3 is 2.76 bits per heavy atom. The van der Waals surface area contributed by atoms with E-state index in [0.29, 0.717) is 6.61 Å². The smallest absolute Gasteiger partial charge is 0.264 e. The maximum atomic E-state index is 12.5. The molecule has 1 saturated carbocycles. The first-order valence-electron chi connectivity index (χ1n) is 7.71. The lowest BCUT2D eigenvalue weighted by Gasteiger charge is -2.56. The van der Waals surface area contributed by atoms with Crippen LogP contribution in [-0.2, 0) is 4.74 Å². The van der Waals surface area contributed by atoms with Crippen molar-refractivity contribution in [1.82, 2.24) is 4.90 Å². The minimum atomic E-state index is -0.269. The van der Waals surface area contributed by atoms with Gasteiger partial charge < -0.3 is 14.7 Å². The lowest BCUT2D eigenvalue weighted by atomic mass is 9.58. The molecule has 1 N–H and O–H groups in total. The molecule has 1 aliphatic heterocycles. The van der Waals surface area contributed by atoms with E-state index in [9.17, 15) is 9.90 Å². The fraction of sp³-hybridized carbons (Fsp3) is 0.688. The second-order valence-electron chi connectivity index (χ2n) is 6.15. The molecule has 2 fully saturated rings. The topological polar surface area (TPSA) is 49.8 Å². The van der Waals surface area contributed by atoms with Crippen LogP contribution in [0.2, 0.25) is 0 Å². The van der Waals surface area contributed by atoms with Crippen molar-refractivity contribution in [1.29, 1.82) is 0 Å². The highest BCUT2D eigenvalue weighted by Gasteiger charge is 2.56. The summed E-state index contributed by atoms with van der Waals surface area (Å²) in [5.74, 6) is 0.138. The van der Waals surface area contributed by atoms with E-state index in [1.165, 1.54) is 11.3 Å². The first-order valence-corrected chi connectivity index (χ1v) is 8.59. The van der Waals surface area contributed by atoms with Gasteiger partial charge in [-0.15, -0.1) is 11.3 Å². The number of rotatable bonds is 3. The average molecular weight is 309 g/mol. The number of likely N-dealkylation sites (tertiary alicyclic amines) is 1. The fourth-order valence-electron chi connectivity index (χ4n) is 3.68. The molecular formula is C16H23NO3S. The van der Waals surface area contributed by atoms with Gasteiger partial charge >= 0.3 is 0 Å². The number of hydrogen-bond acceptors (Lipinski definition) is 4. The number of carbonyl (C=O) groups is 1. The molecule has 21 heavy (non-hydrogen) atoms. The number of aliphatic hydroxyl groups is 1. The van der Waals surface area contributed by atoms with Crippen molar-refractivity contribution in [3.05, 3.63) is 21.9 Å². The molecule has 2 heterocycles. The standard InChI is InChI=1S/C16H23NO3S/c1-3-20-13-10-12(18)16(13)5-7-17(8-6-16)15(19)14-11(2)4-9-21-14/h4,9,12-13,18H,3,5-8,10H2,1-2H3. The zero-order valence-corrected chi connectivity index (χ0v) is 13.5. The molecule has 3 rings (SSSR count). The molecule has 1 saturated heterocycles. The van der Waals surface area contributed by atoms with Crippen LogP contribution in [0.4, 0.5) is 0 Å². The maximum Gasteiger partial charge on any atom is 0.264 e. The molecule has 0 aromatic carbocycles. The van der Waals surface area contributed by atoms with E-state index in [1.807, 2.05) is 30.2 Å². The zero-order valence-electron chi connectivity index (χ0n) is 12.7. The highest BCUT2D eigenvalue weighted by Crippen LogP contribution is 2.51. The molecule has 2 aliphatic rings. The maximum absolute atomic E-state index is 12.5. The molecule has 2 atom stereocenters. The van der Waals surface area contributed by atoms with Gasteiger partial charge in [-0.3, -0.25) is 4.79 Å². The molecule has 1 aliphatic carbocycles. The number of amides is 1. The van der Waals surface area contributed by atoms with E-state index < -0.39 is 0 Å². The molecule has 4 nitrogen and oxygen atoms in total. The largest absolute Gasteiger partial charge is 0.392 e. The van der Waals surface area contributed by atoms with Crippen LogP contribution in [0.5, 0.6) is 0 Å². The van der Waals surface area contributed by atoms with Crippen molar-refractivity contribution in [3.8, 4) is 0 Å². The highest BCUT2D eigenvalue weighted by molar-refractivity contribution is 7.12. The summed E-state index contributed by atoms with van der Waals surface area (Å²) in [6.45, 7) is 6.11. The van der Waals surface area contributed by atoms with Gasteiger partial charge in [-0.05, 0) is 43.7 Å². The van der Waals surface area contributed by atoms with E-state index in [0.717, 1.165) is 42.8 Å². The number of nitrogens with zero attached hydrogens (tertiary/aromatic N) is 1. The molecule has 1 aromatic heterocycles. The van der Waals surface area contributed by atoms with Gasteiger partial charge in [0.25, 0.3) is 5.91 Å². The van der Waals surface area contributed by atoms with Crippen molar-refractivity contribution < 1.29 is 14.6 Å². The SMILES string of the molecule is CCOC1CC(O)C12CCN(C(=O)c1sccc1C)CC2. The quantitative estimate of drug-likeness (QED) is 0.933. The summed E-state index contributed by atoms with van der Waals surface area (Å²) in [4.78, 5) is 15.3. The normalized spacial score (nSPS) is 27.7. The van der Waals surface area contributed by atoms with Gasteiger partial charge in [0.15, 0.2) is 0 Å². The lowest BCUT2D eigenvalue weighted by molar-refractivity contribution is -0.207. The van der Waals surface area contributed by atoms with Crippen LogP contribution in [0.3, 0.4) is 0 Å². The van der Waals surface area contributed by atoms with Gasteiger partial charge in [0, 0.05) is 31.5 Å². The first-order chi connectivity index (χ1) is 10.1. The molecule has 1 amide bonds. The number of ether oxygens (including phenoxy) is 1. The number of aryl methyl sites for hydroxylation is 1. The second-order valence-corrected chi connectivity index (χ2v) is 7.07. The van der Waals surface area contributed by atoms with E-state index in [4.69, 9.17) is 4.74 Å². The Morgan fingerprint density at radius 2 is 2.24 bits per heavy atom. The van der Waals surface area contributed by atoms with E-state index in [-0.39, 0.29) is 23.5 Å². The summed E-state index contributed by atoms with van der Waals surface area (Å²) >= 11 is 1.51. The fourth-order valence-corrected chi connectivity index (χ4v) is 4.57. The Labute approximate surface area is 129 Å². The first kappa shape index (κ1) is 15.0. The van der Waals surface area contributed by atoms with E-state index >= 15 is 0 Å². The third kappa shape index (κ3) is 2.41. The summed E-state index contributed by atoms with van der Waals surface area (Å²) in [7, 11) is 0. The van der Waals surface area contributed by atoms with Crippen molar-refractivity contribution >= 4 is 17.2 Å². The lowest BCUT2D eigenvalue weighted by Crippen LogP contribution is -2.62. The number of thiophene rings is 1. The Kier molecular flexibility index (Phi) is 4.08. The third-order valence-electron chi connectivity index (χ3n) is 5.15. The molecular weight excluding hydrogens is 286 g/mol. The second kappa shape index (κ2) is 5.71. The summed E-state index contributed by atoms with van der Waals surface area (Å²) in [6.07, 6.45) is 2.32. The van der Waals surface area contributed by atoms with Crippen molar-refractivity contribution in [2.24, 2.45) is 5.41 Å². The zero-order chi connectivity index (χ0) is 15.0. The Bertz CT molecular complexity index is 517. The van der Waals surface area contributed by atoms with Crippen LogP contribution >= 0.6 is 11.3 Å². The van der Waals surface area contributed by atoms with Crippen molar-refractivity contribution in [3.63, 3.8) is 0 Å². The third-order valence-corrected chi connectivity index (χ3v) is 6.15. The number of carbonyl (C=O) groups excluding carboxylic acids is 1.